The Morgan fingerprint density at radius 2 is 2.39 bits per heavy atom. The van der Waals surface area contributed by atoms with E-state index in [-0.39, 0.29) is 6.03 Å². The van der Waals surface area contributed by atoms with E-state index in [9.17, 15) is 4.79 Å². The number of piperidine rings is 1. The van der Waals surface area contributed by atoms with Crippen LogP contribution in [0, 0.1) is 0 Å². The van der Waals surface area contributed by atoms with Crippen molar-refractivity contribution in [3.8, 4) is 10.8 Å². The van der Waals surface area contributed by atoms with Crippen molar-refractivity contribution >= 4 is 17.4 Å². The van der Waals surface area contributed by atoms with Gasteiger partial charge in [-0.2, -0.15) is 0 Å². The molecule has 1 unspecified atom stereocenters. The average Bonchev–Trinajstić information content (AvgIpc) is 3.28. The van der Waals surface area contributed by atoms with Gasteiger partial charge in [0, 0.05) is 32.2 Å². The number of hydrogen-bond donors (Lipinski definition) is 1. The summed E-state index contributed by atoms with van der Waals surface area (Å²) in [5.41, 5.74) is 0.958. The molecule has 2 amide bonds. The van der Waals surface area contributed by atoms with Crippen molar-refractivity contribution < 1.29 is 9.21 Å². The molecule has 0 spiro atoms. The van der Waals surface area contributed by atoms with Crippen LogP contribution in [0.1, 0.15) is 18.5 Å². The van der Waals surface area contributed by atoms with E-state index < -0.39 is 0 Å². The number of rotatable bonds is 4. The number of carbonyl (C=O) groups is 1. The summed E-state index contributed by atoms with van der Waals surface area (Å²) in [6.07, 6.45) is 3.95. The molecule has 0 bridgehead atoms. The minimum absolute atomic E-state index is 0.0817. The van der Waals surface area contributed by atoms with Crippen molar-refractivity contribution in [2.75, 3.05) is 26.2 Å². The zero-order chi connectivity index (χ0) is 15.6. The van der Waals surface area contributed by atoms with Gasteiger partial charge in [0.1, 0.15) is 6.26 Å². The number of likely N-dealkylation sites (tertiary alicyclic amines) is 1. The fraction of sp³-hybridized carbons (Fsp3) is 0.500. The Labute approximate surface area is 139 Å². The molecule has 122 valence electrons. The number of urea groups is 1. The Morgan fingerprint density at radius 3 is 3.17 bits per heavy atom. The van der Waals surface area contributed by atoms with E-state index in [4.69, 9.17) is 4.42 Å². The van der Waals surface area contributed by atoms with Crippen molar-refractivity contribution in [2.45, 2.75) is 25.4 Å². The number of carbonyl (C=O) groups excluding carboxylic acids is 1. The SMILES string of the molecule is O=C1NCCN1C1CCCN(Cc2coc(-c3cccs3)n2)C1. The van der Waals surface area contributed by atoms with Gasteiger partial charge in [-0.3, -0.25) is 4.90 Å². The highest BCUT2D eigenvalue weighted by atomic mass is 32.1. The zero-order valence-corrected chi connectivity index (χ0v) is 13.7. The minimum atomic E-state index is 0.0817. The first-order valence-electron chi connectivity index (χ1n) is 8.05. The standard InChI is InChI=1S/C16H20N4O2S/c21-16-17-5-7-20(16)13-3-1-6-19(10-13)9-12-11-22-15(18-12)14-4-2-8-23-14/h2,4,8,11,13H,1,3,5-7,9-10H2,(H,17,21). The number of aromatic nitrogens is 1. The minimum Gasteiger partial charge on any atom is -0.444 e. The summed E-state index contributed by atoms with van der Waals surface area (Å²) >= 11 is 1.63. The summed E-state index contributed by atoms with van der Waals surface area (Å²) in [7, 11) is 0. The van der Waals surface area contributed by atoms with Crippen molar-refractivity contribution in [1.29, 1.82) is 0 Å². The number of thiophene rings is 1. The summed E-state index contributed by atoms with van der Waals surface area (Å²) < 4.78 is 5.59. The van der Waals surface area contributed by atoms with Crippen LogP contribution in [0.15, 0.2) is 28.2 Å². The molecule has 6 nitrogen and oxygen atoms in total. The molecule has 2 fully saturated rings. The summed E-state index contributed by atoms with van der Waals surface area (Å²) in [6, 6.07) is 4.41. The largest absolute Gasteiger partial charge is 0.444 e. The van der Waals surface area contributed by atoms with Gasteiger partial charge < -0.3 is 14.6 Å². The molecule has 4 heterocycles. The third-order valence-electron chi connectivity index (χ3n) is 4.48. The van der Waals surface area contributed by atoms with Gasteiger partial charge in [0.15, 0.2) is 0 Å². The van der Waals surface area contributed by atoms with Gasteiger partial charge in [-0.15, -0.1) is 11.3 Å². The van der Waals surface area contributed by atoms with Crippen molar-refractivity contribution in [1.82, 2.24) is 20.1 Å². The third kappa shape index (κ3) is 3.11. The molecule has 0 aromatic carbocycles. The maximum Gasteiger partial charge on any atom is 0.317 e. The van der Waals surface area contributed by atoms with Crippen LogP contribution in [0.3, 0.4) is 0 Å². The highest BCUT2D eigenvalue weighted by Crippen LogP contribution is 2.25. The molecule has 0 aliphatic carbocycles. The van der Waals surface area contributed by atoms with Gasteiger partial charge >= 0.3 is 6.03 Å². The predicted octanol–water partition coefficient (Wildman–Crippen LogP) is 2.39. The number of oxazole rings is 1. The van der Waals surface area contributed by atoms with Crippen molar-refractivity contribution in [3.05, 3.63) is 29.5 Å². The first-order chi connectivity index (χ1) is 11.3. The lowest BCUT2D eigenvalue weighted by Gasteiger charge is -2.36. The lowest BCUT2D eigenvalue weighted by atomic mass is 10.0. The van der Waals surface area contributed by atoms with Gasteiger partial charge in [-0.25, -0.2) is 9.78 Å². The number of hydrogen-bond acceptors (Lipinski definition) is 5. The number of amides is 2. The molecule has 0 radical (unpaired) electrons. The van der Waals surface area contributed by atoms with E-state index in [1.807, 2.05) is 22.4 Å². The smallest absolute Gasteiger partial charge is 0.317 e. The maximum atomic E-state index is 11.8. The van der Waals surface area contributed by atoms with Crippen LogP contribution in [0.25, 0.3) is 10.8 Å². The van der Waals surface area contributed by atoms with E-state index >= 15 is 0 Å². The summed E-state index contributed by atoms with van der Waals surface area (Å²) in [6.45, 7) is 4.33. The Balaban J connectivity index is 1.39. The summed E-state index contributed by atoms with van der Waals surface area (Å²) in [4.78, 5) is 21.8. The van der Waals surface area contributed by atoms with Crippen LogP contribution >= 0.6 is 11.3 Å². The molecule has 2 aromatic heterocycles. The van der Waals surface area contributed by atoms with Crippen LogP contribution < -0.4 is 5.32 Å². The number of nitrogens with zero attached hydrogens (tertiary/aromatic N) is 3. The fourth-order valence-corrected chi connectivity index (χ4v) is 4.04. The molecule has 23 heavy (non-hydrogen) atoms. The second-order valence-electron chi connectivity index (χ2n) is 6.08. The lowest BCUT2D eigenvalue weighted by Crippen LogP contribution is -2.48. The van der Waals surface area contributed by atoms with E-state index in [1.54, 1.807) is 17.6 Å². The van der Waals surface area contributed by atoms with Crippen LogP contribution in [-0.4, -0.2) is 53.0 Å². The van der Waals surface area contributed by atoms with Crippen molar-refractivity contribution in [3.63, 3.8) is 0 Å². The molecular weight excluding hydrogens is 312 g/mol. The molecule has 1 N–H and O–H groups in total. The Bertz CT molecular complexity index is 669. The topological polar surface area (TPSA) is 61.6 Å². The highest BCUT2D eigenvalue weighted by Gasteiger charge is 2.31. The summed E-state index contributed by atoms with van der Waals surface area (Å²) in [5, 5.41) is 4.92. The van der Waals surface area contributed by atoms with Gasteiger partial charge in [0.05, 0.1) is 10.6 Å². The summed E-state index contributed by atoms with van der Waals surface area (Å²) in [5.74, 6) is 0.697. The second kappa shape index (κ2) is 6.33. The molecular formula is C16H20N4O2S. The van der Waals surface area contributed by atoms with Crippen molar-refractivity contribution in [2.24, 2.45) is 0 Å². The lowest BCUT2D eigenvalue weighted by molar-refractivity contribution is 0.121. The van der Waals surface area contributed by atoms with Gasteiger partial charge in [0.2, 0.25) is 5.89 Å². The third-order valence-corrected chi connectivity index (χ3v) is 5.34. The maximum absolute atomic E-state index is 11.8. The Morgan fingerprint density at radius 1 is 1.43 bits per heavy atom. The average molecular weight is 332 g/mol. The van der Waals surface area contributed by atoms with Gasteiger partial charge in [-0.05, 0) is 30.8 Å². The van der Waals surface area contributed by atoms with Crippen LogP contribution in [0.4, 0.5) is 4.79 Å². The van der Waals surface area contributed by atoms with Gasteiger partial charge in [0.25, 0.3) is 0 Å². The van der Waals surface area contributed by atoms with E-state index in [1.165, 1.54) is 0 Å². The highest BCUT2D eigenvalue weighted by molar-refractivity contribution is 7.13. The normalized spacial score (nSPS) is 22.5. The number of nitrogens with one attached hydrogen (secondary N) is 1. The monoisotopic (exact) mass is 332 g/mol. The Hall–Kier alpha value is -1.86. The van der Waals surface area contributed by atoms with Crippen LogP contribution in [0.2, 0.25) is 0 Å². The molecule has 1 atom stereocenters. The van der Waals surface area contributed by atoms with E-state index in [2.05, 4.69) is 15.2 Å². The molecule has 0 saturated carbocycles. The fourth-order valence-electron chi connectivity index (χ4n) is 3.39. The second-order valence-corrected chi connectivity index (χ2v) is 7.03. The molecule has 2 aliphatic heterocycles. The molecule has 7 heteroatoms. The predicted molar refractivity (Wildman–Crippen MR) is 88.2 cm³/mol. The Kier molecular flexibility index (Phi) is 4.05. The van der Waals surface area contributed by atoms with Gasteiger partial charge in [-0.1, -0.05) is 6.07 Å². The zero-order valence-electron chi connectivity index (χ0n) is 12.9. The molecule has 2 saturated heterocycles. The first kappa shape index (κ1) is 14.7. The first-order valence-corrected chi connectivity index (χ1v) is 8.92. The molecule has 4 rings (SSSR count). The van der Waals surface area contributed by atoms with Crippen LogP contribution in [0.5, 0.6) is 0 Å². The quantitative estimate of drug-likeness (QED) is 0.934. The molecule has 2 aliphatic rings. The van der Waals surface area contributed by atoms with E-state index in [0.717, 1.165) is 56.1 Å². The molecule has 2 aromatic rings. The van der Waals surface area contributed by atoms with E-state index in [0.29, 0.717) is 11.9 Å². The van der Waals surface area contributed by atoms with Crippen LogP contribution in [-0.2, 0) is 6.54 Å².